The van der Waals surface area contributed by atoms with Gasteiger partial charge in [0.2, 0.25) is 5.91 Å². The van der Waals surface area contributed by atoms with Gasteiger partial charge < -0.3 is 14.5 Å². The maximum absolute atomic E-state index is 13.2. The van der Waals surface area contributed by atoms with Crippen LogP contribution in [0, 0.1) is 0 Å². The second-order valence-electron chi connectivity index (χ2n) is 9.33. The fourth-order valence-corrected chi connectivity index (χ4v) is 6.47. The molecule has 2 aliphatic heterocycles. The molecule has 2 aliphatic rings. The van der Waals surface area contributed by atoms with Crippen LogP contribution in [0.4, 0.5) is 11.4 Å². The number of sulfone groups is 1. The van der Waals surface area contributed by atoms with Crippen LogP contribution >= 0.6 is 0 Å². The van der Waals surface area contributed by atoms with E-state index in [1.165, 1.54) is 5.56 Å². The van der Waals surface area contributed by atoms with Crippen LogP contribution in [-0.2, 0) is 20.0 Å². The summed E-state index contributed by atoms with van der Waals surface area (Å²) in [5, 5.41) is 0. The Hall–Kier alpha value is -2.54. The second kappa shape index (κ2) is 7.86. The van der Waals surface area contributed by atoms with Gasteiger partial charge in [-0.25, -0.2) is 8.42 Å². The van der Waals surface area contributed by atoms with Crippen LogP contribution in [0.5, 0.6) is 5.75 Å². The van der Waals surface area contributed by atoms with Gasteiger partial charge in [-0.2, -0.15) is 0 Å². The van der Waals surface area contributed by atoms with Crippen LogP contribution < -0.4 is 14.5 Å². The van der Waals surface area contributed by atoms with Crippen molar-refractivity contribution in [3.05, 3.63) is 54.1 Å². The molecule has 2 heterocycles. The number of benzene rings is 2. The lowest BCUT2D eigenvalue weighted by Gasteiger charge is -2.44. The van der Waals surface area contributed by atoms with E-state index in [1.807, 2.05) is 48.2 Å². The molecule has 4 rings (SSSR count). The van der Waals surface area contributed by atoms with E-state index in [-0.39, 0.29) is 35.4 Å². The van der Waals surface area contributed by atoms with Crippen molar-refractivity contribution in [3.8, 4) is 5.75 Å². The molecule has 0 radical (unpaired) electrons. The maximum atomic E-state index is 13.2. The van der Waals surface area contributed by atoms with Gasteiger partial charge in [-0.15, -0.1) is 0 Å². The molecule has 2 atom stereocenters. The van der Waals surface area contributed by atoms with E-state index in [9.17, 15) is 13.2 Å². The van der Waals surface area contributed by atoms with Crippen molar-refractivity contribution in [1.29, 1.82) is 0 Å². The first-order chi connectivity index (χ1) is 14.6. The van der Waals surface area contributed by atoms with Crippen LogP contribution in [0.3, 0.4) is 0 Å². The average Bonchev–Trinajstić information content (AvgIpc) is 3.03. The molecule has 2 saturated heterocycles. The summed E-state index contributed by atoms with van der Waals surface area (Å²) in [6.45, 7) is 9.09. The van der Waals surface area contributed by atoms with Crippen LogP contribution in [0.2, 0.25) is 0 Å². The number of nitrogens with zero attached hydrogens (tertiary/aromatic N) is 2. The summed E-state index contributed by atoms with van der Waals surface area (Å²) >= 11 is 0. The smallest absolute Gasteiger partial charge is 0.246 e. The van der Waals surface area contributed by atoms with Gasteiger partial charge in [0.25, 0.3) is 0 Å². The number of hydrogen-bond acceptors (Lipinski definition) is 5. The SMILES string of the molecule is CCOc1ccc(N2C(=O)CN(c3ccc(C(C)(C)C)cc3)[C@H]3CS(=O)(=O)C[C@@H]32)cc1. The average molecular weight is 443 g/mol. The number of anilines is 2. The van der Waals surface area contributed by atoms with Crippen LogP contribution in [-0.4, -0.2) is 51.1 Å². The third-order valence-corrected chi connectivity index (χ3v) is 7.79. The summed E-state index contributed by atoms with van der Waals surface area (Å²) in [4.78, 5) is 16.9. The minimum absolute atomic E-state index is 0.0206. The van der Waals surface area contributed by atoms with Gasteiger partial charge >= 0.3 is 0 Å². The number of carbonyl (C=O) groups is 1. The molecule has 166 valence electrons. The number of ether oxygens (including phenoxy) is 1. The third-order valence-electron chi connectivity index (χ3n) is 6.09. The largest absolute Gasteiger partial charge is 0.494 e. The first-order valence-corrected chi connectivity index (χ1v) is 12.5. The number of fused-ring (bicyclic) bond motifs is 1. The minimum atomic E-state index is -3.24. The fourth-order valence-electron chi connectivity index (χ4n) is 4.52. The van der Waals surface area contributed by atoms with Gasteiger partial charge in [0.05, 0.1) is 36.7 Å². The molecular weight excluding hydrogens is 412 g/mol. The fraction of sp³-hybridized carbons (Fsp3) is 0.458. The zero-order chi connectivity index (χ0) is 22.4. The Morgan fingerprint density at radius 3 is 2.10 bits per heavy atom. The van der Waals surface area contributed by atoms with Gasteiger partial charge in [0.1, 0.15) is 5.75 Å². The molecule has 7 heteroatoms. The predicted octanol–water partition coefficient (Wildman–Crippen LogP) is 3.40. The Labute approximate surface area is 184 Å². The van der Waals surface area contributed by atoms with Gasteiger partial charge in [-0.1, -0.05) is 32.9 Å². The Morgan fingerprint density at radius 1 is 0.935 bits per heavy atom. The molecule has 1 amide bonds. The van der Waals surface area contributed by atoms with Crippen molar-refractivity contribution >= 4 is 27.1 Å². The monoisotopic (exact) mass is 442 g/mol. The van der Waals surface area contributed by atoms with E-state index in [4.69, 9.17) is 4.74 Å². The molecule has 2 fully saturated rings. The third kappa shape index (κ3) is 4.28. The number of amides is 1. The molecule has 0 N–H and O–H groups in total. The standard InChI is InChI=1S/C24H30N2O4S/c1-5-30-20-12-10-19(11-13-20)26-22-16-31(28,29)15-21(22)25(14-23(26)27)18-8-6-17(7-9-18)24(2,3)4/h6-13,21-22H,5,14-16H2,1-4H3/t21-,22-/m0/s1. The summed E-state index contributed by atoms with van der Waals surface area (Å²) in [5.41, 5.74) is 2.83. The number of rotatable bonds is 4. The molecule has 2 aromatic carbocycles. The van der Waals surface area contributed by atoms with Crippen LogP contribution in [0.15, 0.2) is 48.5 Å². The zero-order valence-electron chi connectivity index (χ0n) is 18.5. The summed E-state index contributed by atoms with van der Waals surface area (Å²) in [6.07, 6.45) is 0. The molecule has 0 unspecified atom stereocenters. The quantitative estimate of drug-likeness (QED) is 0.726. The number of hydrogen-bond donors (Lipinski definition) is 0. The highest BCUT2D eigenvalue weighted by Gasteiger charge is 2.50. The zero-order valence-corrected chi connectivity index (χ0v) is 19.4. The van der Waals surface area contributed by atoms with Crippen molar-refractivity contribution < 1.29 is 17.9 Å². The predicted molar refractivity (Wildman–Crippen MR) is 124 cm³/mol. The first-order valence-electron chi connectivity index (χ1n) is 10.7. The summed E-state index contributed by atoms with van der Waals surface area (Å²) < 4.78 is 30.7. The van der Waals surface area contributed by atoms with Gasteiger partial charge in [0, 0.05) is 11.4 Å². The molecule has 0 spiro atoms. The molecule has 6 nitrogen and oxygen atoms in total. The topological polar surface area (TPSA) is 66.9 Å². The second-order valence-corrected chi connectivity index (χ2v) is 11.5. The van der Waals surface area contributed by atoms with Crippen LogP contribution in [0.25, 0.3) is 0 Å². The van der Waals surface area contributed by atoms with E-state index in [1.54, 1.807) is 4.90 Å². The molecule has 0 aliphatic carbocycles. The summed E-state index contributed by atoms with van der Waals surface area (Å²) in [5.74, 6) is 0.668. The molecule has 0 saturated carbocycles. The van der Waals surface area contributed by atoms with Gasteiger partial charge in [0.15, 0.2) is 9.84 Å². The number of piperazine rings is 1. The normalized spacial score (nSPS) is 23.0. The summed E-state index contributed by atoms with van der Waals surface area (Å²) in [6, 6.07) is 14.8. The Morgan fingerprint density at radius 2 is 1.52 bits per heavy atom. The lowest BCUT2D eigenvalue weighted by atomic mass is 9.87. The highest BCUT2D eigenvalue weighted by molar-refractivity contribution is 7.91. The number of carbonyl (C=O) groups excluding carboxylic acids is 1. The minimum Gasteiger partial charge on any atom is -0.494 e. The van der Waals surface area contributed by atoms with Crippen molar-refractivity contribution in [3.63, 3.8) is 0 Å². The highest BCUT2D eigenvalue weighted by Crippen LogP contribution is 2.35. The van der Waals surface area contributed by atoms with E-state index in [2.05, 4.69) is 32.9 Å². The van der Waals surface area contributed by atoms with E-state index < -0.39 is 15.9 Å². The lowest BCUT2D eigenvalue weighted by molar-refractivity contribution is -0.118. The van der Waals surface area contributed by atoms with E-state index in [0.29, 0.717) is 12.3 Å². The van der Waals surface area contributed by atoms with Gasteiger partial charge in [-0.05, 0) is 54.3 Å². The molecule has 31 heavy (non-hydrogen) atoms. The Bertz CT molecular complexity index is 1060. The van der Waals surface area contributed by atoms with Crippen molar-refractivity contribution in [2.24, 2.45) is 0 Å². The Balaban J connectivity index is 1.66. The van der Waals surface area contributed by atoms with E-state index >= 15 is 0 Å². The maximum Gasteiger partial charge on any atom is 0.246 e. The van der Waals surface area contributed by atoms with Crippen LogP contribution in [0.1, 0.15) is 33.3 Å². The lowest BCUT2D eigenvalue weighted by Crippen LogP contribution is -2.62. The van der Waals surface area contributed by atoms with Crippen molar-refractivity contribution in [2.45, 2.75) is 45.2 Å². The summed E-state index contributed by atoms with van der Waals surface area (Å²) in [7, 11) is -3.24. The highest BCUT2D eigenvalue weighted by atomic mass is 32.2. The van der Waals surface area contributed by atoms with E-state index in [0.717, 1.165) is 11.4 Å². The molecule has 0 aromatic heterocycles. The first kappa shape index (κ1) is 21.7. The molecular formula is C24H30N2O4S. The van der Waals surface area contributed by atoms with Crippen molar-refractivity contribution in [2.75, 3.05) is 34.5 Å². The Kier molecular flexibility index (Phi) is 5.50. The van der Waals surface area contributed by atoms with Gasteiger partial charge in [-0.3, -0.25) is 4.79 Å². The molecule has 2 aromatic rings. The van der Waals surface area contributed by atoms with Crippen molar-refractivity contribution in [1.82, 2.24) is 0 Å². The molecule has 0 bridgehead atoms.